The van der Waals surface area contributed by atoms with Crippen LogP contribution in [0.5, 0.6) is 0 Å². The molecule has 54 valence electrons. The Morgan fingerprint density at radius 3 is 2.36 bits per heavy atom. The molecule has 0 unspecified atom stereocenters. The Morgan fingerprint density at radius 1 is 1.36 bits per heavy atom. The number of benzene rings is 1. The van der Waals surface area contributed by atoms with E-state index in [1.807, 2.05) is 19.1 Å². The standard InChI is InChI=1S/C9H8N2/c1-7-2-4-8(5-3-7)9(11)6-10/h2-5,11H,1H3. The molecule has 0 spiro atoms. The fourth-order valence-corrected chi connectivity index (χ4v) is 0.785. The summed E-state index contributed by atoms with van der Waals surface area (Å²) in [7, 11) is 0. The predicted molar refractivity (Wildman–Crippen MR) is 43.6 cm³/mol. The van der Waals surface area contributed by atoms with E-state index in [0.717, 1.165) is 5.56 Å². The summed E-state index contributed by atoms with van der Waals surface area (Å²) >= 11 is 0. The number of aryl methyl sites for hydroxylation is 1. The first-order valence-electron chi connectivity index (χ1n) is 3.29. The lowest BCUT2D eigenvalue weighted by Gasteiger charge is -1.94. The molecule has 0 aliphatic carbocycles. The highest BCUT2D eigenvalue weighted by Crippen LogP contribution is 2.02. The molecule has 1 aromatic carbocycles. The zero-order chi connectivity index (χ0) is 8.27. The van der Waals surface area contributed by atoms with Gasteiger partial charge in [-0.2, -0.15) is 5.26 Å². The molecule has 0 fully saturated rings. The Morgan fingerprint density at radius 2 is 1.91 bits per heavy atom. The van der Waals surface area contributed by atoms with Gasteiger partial charge in [-0.25, -0.2) is 0 Å². The average molecular weight is 144 g/mol. The van der Waals surface area contributed by atoms with Crippen LogP contribution in [-0.2, 0) is 0 Å². The van der Waals surface area contributed by atoms with Gasteiger partial charge >= 0.3 is 0 Å². The molecule has 0 saturated heterocycles. The van der Waals surface area contributed by atoms with Gasteiger partial charge < -0.3 is 0 Å². The maximum atomic E-state index is 8.38. The Kier molecular flexibility index (Phi) is 2.03. The first-order valence-corrected chi connectivity index (χ1v) is 3.29. The maximum absolute atomic E-state index is 8.38. The minimum Gasteiger partial charge on any atom is -0.290 e. The van der Waals surface area contributed by atoms with Crippen molar-refractivity contribution in [3.63, 3.8) is 0 Å². The lowest BCUT2D eigenvalue weighted by atomic mass is 10.1. The minimum atomic E-state index is 0.0185. The normalized spacial score (nSPS) is 8.73. The first kappa shape index (κ1) is 7.49. The summed E-state index contributed by atoms with van der Waals surface area (Å²) in [4.78, 5) is 0. The lowest BCUT2D eigenvalue weighted by Crippen LogP contribution is -1.93. The Bertz CT molecular complexity index is 303. The third-order valence-electron chi connectivity index (χ3n) is 1.45. The number of hydrogen-bond acceptors (Lipinski definition) is 2. The van der Waals surface area contributed by atoms with Gasteiger partial charge in [0, 0.05) is 5.56 Å². The van der Waals surface area contributed by atoms with Gasteiger partial charge in [-0.05, 0) is 6.92 Å². The maximum Gasteiger partial charge on any atom is 0.139 e. The van der Waals surface area contributed by atoms with Crippen LogP contribution in [0.4, 0.5) is 0 Å². The Labute approximate surface area is 65.6 Å². The zero-order valence-electron chi connectivity index (χ0n) is 6.26. The van der Waals surface area contributed by atoms with E-state index in [9.17, 15) is 0 Å². The van der Waals surface area contributed by atoms with Crippen LogP contribution in [0.15, 0.2) is 24.3 Å². The van der Waals surface area contributed by atoms with Crippen LogP contribution in [0.2, 0.25) is 0 Å². The zero-order valence-corrected chi connectivity index (χ0v) is 6.26. The van der Waals surface area contributed by atoms with E-state index >= 15 is 0 Å². The number of hydrogen-bond donors (Lipinski definition) is 1. The average Bonchev–Trinajstić information content (AvgIpc) is 2.05. The monoisotopic (exact) mass is 144 g/mol. The fraction of sp³-hybridized carbons (Fsp3) is 0.111. The topological polar surface area (TPSA) is 47.6 Å². The molecule has 11 heavy (non-hydrogen) atoms. The van der Waals surface area contributed by atoms with E-state index in [0.29, 0.717) is 5.56 Å². The van der Waals surface area contributed by atoms with E-state index in [1.54, 1.807) is 18.2 Å². The number of rotatable bonds is 1. The number of nitriles is 1. The van der Waals surface area contributed by atoms with Crippen molar-refractivity contribution in [1.29, 1.82) is 10.7 Å². The number of nitrogens with zero attached hydrogens (tertiary/aromatic N) is 1. The highest BCUT2D eigenvalue weighted by Gasteiger charge is 1.96. The van der Waals surface area contributed by atoms with Gasteiger partial charge in [0.05, 0.1) is 0 Å². The molecular formula is C9H8N2. The molecule has 0 radical (unpaired) electrons. The van der Waals surface area contributed by atoms with Gasteiger partial charge in [-0.15, -0.1) is 0 Å². The highest BCUT2D eigenvalue weighted by molar-refractivity contribution is 6.09. The smallest absolute Gasteiger partial charge is 0.139 e. The highest BCUT2D eigenvalue weighted by atomic mass is 14.4. The van der Waals surface area contributed by atoms with Crippen LogP contribution < -0.4 is 0 Å². The fourth-order valence-electron chi connectivity index (χ4n) is 0.785. The van der Waals surface area contributed by atoms with Crippen molar-refractivity contribution in [1.82, 2.24) is 0 Å². The summed E-state index contributed by atoms with van der Waals surface area (Å²) in [6.07, 6.45) is 0. The minimum absolute atomic E-state index is 0.0185. The molecule has 0 heterocycles. The molecule has 2 nitrogen and oxygen atoms in total. The van der Waals surface area contributed by atoms with E-state index in [2.05, 4.69) is 0 Å². The van der Waals surface area contributed by atoms with Gasteiger partial charge in [0.1, 0.15) is 11.8 Å². The van der Waals surface area contributed by atoms with Gasteiger partial charge in [-0.1, -0.05) is 29.8 Å². The van der Waals surface area contributed by atoms with Crippen molar-refractivity contribution in [2.75, 3.05) is 0 Å². The van der Waals surface area contributed by atoms with Crippen LogP contribution in [0, 0.1) is 23.7 Å². The second-order valence-corrected chi connectivity index (χ2v) is 2.35. The van der Waals surface area contributed by atoms with Crippen molar-refractivity contribution in [3.8, 4) is 6.07 Å². The third-order valence-corrected chi connectivity index (χ3v) is 1.45. The Balaban J connectivity index is 3.01. The van der Waals surface area contributed by atoms with E-state index < -0.39 is 0 Å². The third kappa shape index (κ3) is 1.65. The molecule has 0 aliphatic heterocycles. The second-order valence-electron chi connectivity index (χ2n) is 2.35. The molecule has 0 aliphatic rings. The number of nitrogens with one attached hydrogen (secondary N) is 1. The first-order chi connectivity index (χ1) is 5.24. The Hall–Kier alpha value is -1.62. The van der Waals surface area contributed by atoms with Crippen molar-refractivity contribution in [2.45, 2.75) is 6.92 Å². The van der Waals surface area contributed by atoms with Crippen molar-refractivity contribution in [3.05, 3.63) is 35.4 Å². The quantitative estimate of drug-likeness (QED) is 0.601. The predicted octanol–water partition coefficient (Wildman–Crippen LogP) is 1.89. The molecule has 0 bridgehead atoms. The van der Waals surface area contributed by atoms with Crippen LogP contribution in [0.3, 0.4) is 0 Å². The van der Waals surface area contributed by atoms with Crippen molar-refractivity contribution >= 4 is 5.71 Å². The molecule has 2 heteroatoms. The van der Waals surface area contributed by atoms with Crippen LogP contribution in [-0.4, -0.2) is 5.71 Å². The molecule has 1 rings (SSSR count). The molecule has 1 aromatic rings. The van der Waals surface area contributed by atoms with Gasteiger partial charge in [0.2, 0.25) is 0 Å². The van der Waals surface area contributed by atoms with E-state index in [1.165, 1.54) is 0 Å². The summed E-state index contributed by atoms with van der Waals surface area (Å²) in [5, 5.41) is 15.6. The summed E-state index contributed by atoms with van der Waals surface area (Å²) in [6.45, 7) is 1.97. The van der Waals surface area contributed by atoms with Crippen molar-refractivity contribution < 1.29 is 0 Å². The van der Waals surface area contributed by atoms with E-state index in [4.69, 9.17) is 10.7 Å². The summed E-state index contributed by atoms with van der Waals surface area (Å²) in [5.74, 6) is 0. The molecular weight excluding hydrogens is 136 g/mol. The van der Waals surface area contributed by atoms with Crippen LogP contribution in [0.25, 0.3) is 0 Å². The van der Waals surface area contributed by atoms with Crippen molar-refractivity contribution in [2.24, 2.45) is 0 Å². The SMILES string of the molecule is Cc1ccc(C(=N)C#N)cc1. The van der Waals surface area contributed by atoms with E-state index in [-0.39, 0.29) is 5.71 Å². The largest absolute Gasteiger partial charge is 0.290 e. The van der Waals surface area contributed by atoms with Crippen LogP contribution in [0.1, 0.15) is 11.1 Å². The molecule has 0 saturated carbocycles. The molecule has 1 N–H and O–H groups in total. The van der Waals surface area contributed by atoms with Gasteiger partial charge in [0.25, 0.3) is 0 Å². The van der Waals surface area contributed by atoms with Gasteiger partial charge in [-0.3, -0.25) is 5.41 Å². The van der Waals surface area contributed by atoms with Crippen LogP contribution >= 0.6 is 0 Å². The molecule has 0 amide bonds. The summed E-state index contributed by atoms with van der Waals surface area (Å²) < 4.78 is 0. The molecule has 0 atom stereocenters. The lowest BCUT2D eigenvalue weighted by molar-refractivity contribution is 1.43. The summed E-state index contributed by atoms with van der Waals surface area (Å²) in [6, 6.07) is 9.12. The summed E-state index contributed by atoms with van der Waals surface area (Å²) in [5.41, 5.74) is 1.84. The van der Waals surface area contributed by atoms with Gasteiger partial charge in [0.15, 0.2) is 0 Å². The molecule has 0 aromatic heterocycles. The second kappa shape index (κ2) is 2.98.